The highest BCUT2D eigenvalue weighted by atomic mass is 32.1. The molecule has 0 saturated carbocycles. The number of nitrogens with zero attached hydrogens (tertiary/aromatic N) is 2. The van der Waals surface area contributed by atoms with E-state index in [2.05, 4.69) is 10.1 Å². The van der Waals surface area contributed by atoms with Crippen molar-refractivity contribution >= 4 is 12.2 Å². The monoisotopic (exact) mass is 205 g/mol. The van der Waals surface area contributed by atoms with Crippen molar-refractivity contribution in [2.45, 2.75) is 13.3 Å². The van der Waals surface area contributed by atoms with Crippen LogP contribution in [-0.4, -0.2) is 14.8 Å². The van der Waals surface area contributed by atoms with Crippen molar-refractivity contribution in [3.8, 4) is 5.69 Å². The molecular weight excluding hydrogens is 194 g/mol. The lowest BCUT2D eigenvalue weighted by molar-refractivity contribution is 0.833. The first kappa shape index (κ1) is 9.15. The summed E-state index contributed by atoms with van der Waals surface area (Å²) in [5, 5.41) is 3.15. The molecule has 0 bridgehead atoms. The molecule has 72 valence electrons. The molecule has 0 aliphatic rings. The van der Waals surface area contributed by atoms with Crippen LogP contribution >= 0.6 is 12.2 Å². The molecule has 1 N–H and O–H groups in total. The van der Waals surface area contributed by atoms with Crippen LogP contribution < -0.4 is 0 Å². The quantitative estimate of drug-likeness (QED) is 0.764. The van der Waals surface area contributed by atoms with Crippen molar-refractivity contribution in [1.82, 2.24) is 14.8 Å². The second-order valence-corrected chi connectivity index (χ2v) is 3.34. The Morgan fingerprint density at radius 2 is 2.07 bits per heavy atom. The Kier molecular flexibility index (Phi) is 2.45. The van der Waals surface area contributed by atoms with Gasteiger partial charge in [-0.15, -0.1) is 0 Å². The van der Waals surface area contributed by atoms with Gasteiger partial charge in [-0.05, 0) is 24.4 Å². The number of para-hydroxylation sites is 1. The highest BCUT2D eigenvalue weighted by molar-refractivity contribution is 7.71. The molecule has 0 aliphatic carbocycles. The van der Waals surface area contributed by atoms with Crippen LogP contribution in [0.5, 0.6) is 0 Å². The normalized spacial score (nSPS) is 10.4. The highest BCUT2D eigenvalue weighted by Gasteiger charge is 2.00. The molecule has 0 aliphatic heterocycles. The maximum atomic E-state index is 5.14. The Hall–Kier alpha value is -1.42. The van der Waals surface area contributed by atoms with Gasteiger partial charge in [0.25, 0.3) is 0 Å². The second kappa shape index (κ2) is 3.75. The summed E-state index contributed by atoms with van der Waals surface area (Å²) in [5.74, 6) is 0.916. The van der Waals surface area contributed by atoms with Gasteiger partial charge >= 0.3 is 0 Å². The molecule has 0 unspecified atom stereocenters. The third-order valence-corrected chi connectivity index (χ3v) is 2.29. The minimum atomic E-state index is 0.577. The number of hydrogen-bond acceptors (Lipinski definition) is 2. The first-order chi connectivity index (χ1) is 6.81. The number of benzene rings is 1. The van der Waals surface area contributed by atoms with Gasteiger partial charge in [-0.3, -0.25) is 5.10 Å². The van der Waals surface area contributed by atoms with Gasteiger partial charge in [0.1, 0.15) is 5.82 Å². The molecule has 14 heavy (non-hydrogen) atoms. The summed E-state index contributed by atoms with van der Waals surface area (Å²) in [6.07, 6.45) is 0.865. The van der Waals surface area contributed by atoms with E-state index in [0.717, 1.165) is 17.9 Å². The van der Waals surface area contributed by atoms with E-state index < -0.39 is 0 Å². The van der Waals surface area contributed by atoms with Gasteiger partial charge in [0.05, 0.1) is 5.69 Å². The molecule has 4 heteroatoms. The summed E-state index contributed by atoms with van der Waals surface area (Å²) >= 11 is 5.14. The SMILES string of the molecule is CCc1nc(=S)n(-c2ccccc2)[nH]1. The summed E-state index contributed by atoms with van der Waals surface area (Å²) in [4.78, 5) is 4.23. The Morgan fingerprint density at radius 1 is 1.36 bits per heavy atom. The molecular formula is C10H11N3S. The van der Waals surface area contributed by atoms with Crippen molar-refractivity contribution in [2.24, 2.45) is 0 Å². The van der Waals surface area contributed by atoms with Gasteiger partial charge in [-0.1, -0.05) is 25.1 Å². The Labute approximate surface area is 87.4 Å². The van der Waals surface area contributed by atoms with Crippen molar-refractivity contribution in [3.63, 3.8) is 0 Å². The van der Waals surface area contributed by atoms with Crippen LogP contribution in [-0.2, 0) is 6.42 Å². The van der Waals surface area contributed by atoms with Crippen LogP contribution in [0.25, 0.3) is 5.69 Å². The fourth-order valence-corrected chi connectivity index (χ4v) is 1.54. The maximum absolute atomic E-state index is 5.14. The van der Waals surface area contributed by atoms with Crippen LogP contribution in [0.3, 0.4) is 0 Å². The molecule has 0 atom stereocenters. The highest BCUT2D eigenvalue weighted by Crippen LogP contribution is 2.06. The van der Waals surface area contributed by atoms with Gasteiger partial charge in [-0.2, -0.15) is 0 Å². The van der Waals surface area contributed by atoms with E-state index in [1.807, 2.05) is 41.9 Å². The Morgan fingerprint density at radius 3 is 2.64 bits per heavy atom. The van der Waals surface area contributed by atoms with Gasteiger partial charge in [0, 0.05) is 6.42 Å². The molecule has 0 radical (unpaired) electrons. The summed E-state index contributed by atoms with van der Waals surface area (Å²) < 4.78 is 2.39. The summed E-state index contributed by atoms with van der Waals surface area (Å²) in [6.45, 7) is 2.04. The molecule has 3 nitrogen and oxygen atoms in total. The average Bonchev–Trinajstić information content (AvgIpc) is 2.61. The Bertz CT molecular complexity index is 470. The van der Waals surface area contributed by atoms with Crippen molar-refractivity contribution in [1.29, 1.82) is 0 Å². The molecule has 1 aromatic carbocycles. The predicted octanol–water partition coefficient (Wildman–Crippen LogP) is 2.49. The smallest absolute Gasteiger partial charge is 0.220 e. The largest absolute Gasteiger partial charge is 0.278 e. The fraction of sp³-hybridized carbons (Fsp3) is 0.200. The zero-order valence-electron chi connectivity index (χ0n) is 7.90. The minimum absolute atomic E-state index is 0.577. The number of rotatable bonds is 2. The van der Waals surface area contributed by atoms with E-state index >= 15 is 0 Å². The lowest BCUT2D eigenvalue weighted by Crippen LogP contribution is -1.96. The van der Waals surface area contributed by atoms with Crippen molar-refractivity contribution in [2.75, 3.05) is 0 Å². The molecule has 0 saturated heterocycles. The zero-order chi connectivity index (χ0) is 9.97. The van der Waals surface area contributed by atoms with Crippen LogP contribution in [0.1, 0.15) is 12.7 Å². The number of aryl methyl sites for hydroxylation is 1. The molecule has 2 aromatic rings. The summed E-state index contributed by atoms with van der Waals surface area (Å²) in [5.41, 5.74) is 1.02. The van der Waals surface area contributed by atoms with Crippen LogP contribution in [0.4, 0.5) is 0 Å². The van der Waals surface area contributed by atoms with E-state index in [1.165, 1.54) is 0 Å². The molecule has 1 heterocycles. The number of aromatic amines is 1. The lowest BCUT2D eigenvalue weighted by atomic mass is 10.3. The minimum Gasteiger partial charge on any atom is -0.278 e. The van der Waals surface area contributed by atoms with E-state index in [1.54, 1.807) is 0 Å². The topological polar surface area (TPSA) is 33.6 Å². The molecule has 0 fully saturated rings. The van der Waals surface area contributed by atoms with Crippen LogP contribution in [0, 0.1) is 4.77 Å². The average molecular weight is 205 g/mol. The third-order valence-electron chi connectivity index (χ3n) is 2.01. The van der Waals surface area contributed by atoms with Crippen molar-refractivity contribution < 1.29 is 0 Å². The van der Waals surface area contributed by atoms with E-state index in [0.29, 0.717) is 4.77 Å². The molecule has 0 spiro atoms. The summed E-state index contributed by atoms with van der Waals surface area (Å²) in [7, 11) is 0. The van der Waals surface area contributed by atoms with Gasteiger partial charge < -0.3 is 0 Å². The standard InChI is InChI=1S/C10H11N3S/c1-2-9-11-10(14)13(12-9)8-6-4-3-5-7-8/h3-7H,2H2,1H3,(H,11,12,14). The number of H-pyrrole nitrogens is 1. The molecule has 0 amide bonds. The zero-order valence-corrected chi connectivity index (χ0v) is 8.71. The lowest BCUT2D eigenvalue weighted by Gasteiger charge is -1.99. The van der Waals surface area contributed by atoms with E-state index in [4.69, 9.17) is 12.2 Å². The number of nitrogens with one attached hydrogen (secondary N) is 1. The molecule has 1 aromatic heterocycles. The second-order valence-electron chi connectivity index (χ2n) is 2.98. The number of aromatic nitrogens is 3. The predicted molar refractivity (Wildman–Crippen MR) is 58.1 cm³/mol. The van der Waals surface area contributed by atoms with E-state index in [-0.39, 0.29) is 0 Å². The first-order valence-corrected chi connectivity index (χ1v) is 4.95. The first-order valence-electron chi connectivity index (χ1n) is 4.54. The van der Waals surface area contributed by atoms with Crippen molar-refractivity contribution in [3.05, 3.63) is 40.9 Å². The maximum Gasteiger partial charge on any atom is 0.220 e. The van der Waals surface area contributed by atoms with Crippen LogP contribution in [0.15, 0.2) is 30.3 Å². The summed E-state index contributed by atoms with van der Waals surface area (Å²) in [6, 6.07) is 9.91. The fourth-order valence-electron chi connectivity index (χ4n) is 1.28. The van der Waals surface area contributed by atoms with Gasteiger partial charge in [-0.25, -0.2) is 9.67 Å². The molecule has 2 rings (SSSR count). The third kappa shape index (κ3) is 1.61. The Balaban J connectivity index is 2.52. The van der Waals surface area contributed by atoms with E-state index in [9.17, 15) is 0 Å². The van der Waals surface area contributed by atoms with Gasteiger partial charge in [0.2, 0.25) is 4.77 Å². The number of hydrogen-bond donors (Lipinski definition) is 1. The van der Waals surface area contributed by atoms with Gasteiger partial charge in [0.15, 0.2) is 0 Å². The van der Waals surface area contributed by atoms with Crippen LogP contribution in [0.2, 0.25) is 0 Å².